The molecule has 1 heterocycles. The van der Waals surface area contributed by atoms with Gasteiger partial charge < -0.3 is 4.90 Å². The Labute approximate surface area is 118 Å². The van der Waals surface area contributed by atoms with E-state index in [0.717, 1.165) is 5.56 Å². The Bertz CT molecular complexity index is 661. The molecule has 0 saturated carbocycles. The van der Waals surface area contributed by atoms with Crippen molar-refractivity contribution in [2.24, 2.45) is 0 Å². The molecule has 0 aromatic heterocycles. The van der Waals surface area contributed by atoms with E-state index in [1.54, 1.807) is 6.07 Å². The van der Waals surface area contributed by atoms with E-state index < -0.39 is 0 Å². The maximum Gasteiger partial charge on any atom is 0.129 e. The summed E-state index contributed by atoms with van der Waals surface area (Å²) in [5.74, 6) is 0.130. The van der Waals surface area contributed by atoms with Gasteiger partial charge in [-0.1, -0.05) is 35.9 Å². The molecule has 0 fully saturated rings. The second kappa shape index (κ2) is 4.75. The number of halogens is 1. The summed E-state index contributed by atoms with van der Waals surface area (Å²) in [4.78, 5) is 2.01. The van der Waals surface area contributed by atoms with Crippen molar-refractivity contribution in [2.75, 3.05) is 0 Å². The fourth-order valence-corrected chi connectivity index (χ4v) is 2.68. The van der Waals surface area contributed by atoms with Gasteiger partial charge in [0.2, 0.25) is 0 Å². The van der Waals surface area contributed by atoms with Crippen LogP contribution >= 0.6 is 0 Å². The van der Waals surface area contributed by atoms with Crippen molar-refractivity contribution in [2.45, 2.75) is 26.4 Å². The van der Waals surface area contributed by atoms with Gasteiger partial charge in [0, 0.05) is 12.1 Å². The fourth-order valence-electron chi connectivity index (χ4n) is 2.68. The van der Waals surface area contributed by atoms with Crippen LogP contribution in [0.15, 0.2) is 42.5 Å². The van der Waals surface area contributed by atoms with Crippen LogP contribution < -0.4 is 0 Å². The SMILES string of the molecule is Cc1ccc(C(C)N2Cc3ccc(F)cc3C2=N)cc1. The molecule has 0 radical (unpaired) electrons. The number of fused-ring (bicyclic) bond motifs is 1. The number of nitrogens with zero attached hydrogens (tertiary/aromatic N) is 1. The average Bonchev–Trinajstić information content (AvgIpc) is 2.76. The van der Waals surface area contributed by atoms with Crippen molar-refractivity contribution in [3.8, 4) is 0 Å². The minimum atomic E-state index is -0.279. The first-order chi connectivity index (χ1) is 9.56. The van der Waals surface area contributed by atoms with Crippen LogP contribution in [-0.2, 0) is 6.54 Å². The molecule has 1 N–H and O–H groups in total. The van der Waals surface area contributed by atoms with Crippen molar-refractivity contribution in [3.63, 3.8) is 0 Å². The molecule has 1 aliphatic rings. The lowest BCUT2D eigenvalue weighted by atomic mass is 10.1. The van der Waals surface area contributed by atoms with Crippen molar-refractivity contribution in [1.29, 1.82) is 5.41 Å². The second-order valence-electron chi connectivity index (χ2n) is 5.36. The Kier molecular flexibility index (Phi) is 3.05. The molecule has 1 atom stereocenters. The van der Waals surface area contributed by atoms with Gasteiger partial charge in [0.05, 0.1) is 6.04 Å². The normalized spacial score (nSPS) is 15.3. The topological polar surface area (TPSA) is 27.1 Å². The van der Waals surface area contributed by atoms with Crippen LogP contribution in [-0.4, -0.2) is 10.7 Å². The van der Waals surface area contributed by atoms with Gasteiger partial charge in [0.15, 0.2) is 0 Å². The van der Waals surface area contributed by atoms with Crippen molar-refractivity contribution >= 4 is 5.84 Å². The monoisotopic (exact) mass is 268 g/mol. The molecule has 2 aromatic carbocycles. The minimum absolute atomic E-state index is 0.110. The fraction of sp³-hybridized carbons (Fsp3) is 0.235. The zero-order valence-corrected chi connectivity index (χ0v) is 11.7. The number of aryl methyl sites for hydroxylation is 1. The van der Waals surface area contributed by atoms with Gasteiger partial charge in [-0.05, 0) is 37.1 Å². The first-order valence-corrected chi connectivity index (χ1v) is 6.77. The largest absolute Gasteiger partial charge is 0.345 e. The first-order valence-electron chi connectivity index (χ1n) is 6.77. The lowest BCUT2D eigenvalue weighted by molar-refractivity contribution is 0.341. The number of hydrogen-bond donors (Lipinski definition) is 1. The minimum Gasteiger partial charge on any atom is -0.345 e. The van der Waals surface area contributed by atoms with E-state index in [4.69, 9.17) is 5.41 Å². The average molecular weight is 268 g/mol. The lowest BCUT2D eigenvalue weighted by Crippen LogP contribution is -2.27. The van der Waals surface area contributed by atoms with Crippen molar-refractivity contribution < 1.29 is 4.39 Å². The molecule has 102 valence electrons. The molecule has 0 amide bonds. The molecular weight excluding hydrogens is 251 g/mol. The van der Waals surface area contributed by atoms with Crippen LogP contribution in [0.5, 0.6) is 0 Å². The van der Waals surface area contributed by atoms with Crippen LogP contribution in [0.1, 0.15) is 35.2 Å². The number of benzene rings is 2. The number of amidine groups is 1. The lowest BCUT2D eigenvalue weighted by Gasteiger charge is -2.26. The highest BCUT2D eigenvalue weighted by molar-refractivity contribution is 6.00. The third-order valence-corrected chi connectivity index (χ3v) is 3.98. The summed E-state index contributed by atoms with van der Waals surface area (Å²) >= 11 is 0. The molecule has 3 heteroatoms. The Hall–Kier alpha value is -2.16. The summed E-state index contributed by atoms with van der Waals surface area (Å²) in [6, 6.07) is 13.2. The molecule has 0 bridgehead atoms. The molecule has 0 spiro atoms. The van der Waals surface area contributed by atoms with Gasteiger partial charge in [0.1, 0.15) is 11.7 Å². The third-order valence-electron chi connectivity index (χ3n) is 3.98. The summed E-state index contributed by atoms with van der Waals surface area (Å²) in [5.41, 5.74) is 4.13. The van der Waals surface area contributed by atoms with E-state index in [0.29, 0.717) is 17.9 Å². The smallest absolute Gasteiger partial charge is 0.129 e. The highest BCUT2D eigenvalue weighted by Crippen LogP contribution is 2.31. The van der Waals surface area contributed by atoms with E-state index in [1.165, 1.54) is 23.3 Å². The van der Waals surface area contributed by atoms with Crippen molar-refractivity contribution in [3.05, 3.63) is 70.5 Å². The van der Waals surface area contributed by atoms with E-state index in [-0.39, 0.29) is 11.9 Å². The summed E-state index contributed by atoms with van der Waals surface area (Å²) in [6.45, 7) is 4.82. The predicted octanol–water partition coefficient (Wildman–Crippen LogP) is 4.04. The molecule has 0 saturated heterocycles. The van der Waals surface area contributed by atoms with Crippen LogP contribution in [0.2, 0.25) is 0 Å². The Morgan fingerprint density at radius 3 is 2.55 bits per heavy atom. The zero-order chi connectivity index (χ0) is 14.3. The highest BCUT2D eigenvalue weighted by atomic mass is 19.1. The van der Waals surface area contributed by atoms with Gasteiger partial charge in [-0.3, -0.25) is 5.41 Å². The van der Waals surface area contributed by atoms with E-state index in [9.17, 15) is 4.39 Å². The quantitative estimate of drug-likeness (QED) is 0.874. The van der Waals surface area contributed by atoms with Gasteiger partial charge in [-0.15, -0.1) is 0 Å². The molecule has 2 aromatic rings. The number of rotatable bonds is 2. The molecular formula is C17H17FN2. The van der Waals surface area contributed by atoms with E-state index in [2.05, 4.69) is 38.1 Å². The van der Waals surface area contributed by atoms with Crippen molar-refractivity contribution in [1.82, 2.24) is 4.90 Å². The van der Waals surface area contributed by atoms with Gasteiger partial charge >= 0.3 is 0 Å². The zero-order valence-electron chi connectivity index (χ0n) is 11.7. The summed E-state index contributed by atoms with van der Waals surface area (Å²) < 4.78 is 13.3. The van der Waals surface area contributed by atoms with Crippen LogP contribution in [0.4, 0.5) is 4.39 Å². The summed E-state index contributed by atoms with van der Waals surface area (Å²) in [7, 11) is 0. The maximum absolute atomic E-state index is 13.3. The molecule has 20 heavy (non-hydrogen) atoms. The van der Waals surface area contributed by atoms with E-state index in [1.807, 2.05) is 4.90 Å². The van der Waals surface area contributed by atoms with Crippen LogP contribution in [0, 0.1) is 18.2 Å². The summed E-state index contributed by atoms with van der Waals surface area (Å²) in [5, 5.41) is 8.27. The Morgan fingerprint density at radius 2 is 1.85 bits per heavy atom. The van der Waals surface area contributed by atoms with E-state index >= 15 is 0 Å². The molecule has 0 aliphatic carbocycles. The van der Waals surface area contributed by atoms with Crippen LogP contribution in [0.3, 0.4) is 0 Å². The summed E-state index contributed by atoms with van der Waals surface area (Å²) in [6.07, 6.45) is 0. The molecule has 1 unspecified atom stereocenters. The number of hydrogen-bond acceptors (Lipinski definition) is 1. The Morgan fingerprint density at radius 1 is 1.15 bits per heavy atom. The van der Waals surface area contributed by atoms with Gasteiger partial charge in [-0.25, -0.2) is 4.39 Å². The highest BCUT2D eigenvalue weighted by Gasteiger charge is 2.28. The van der Waals surface area contributed by atoms with Crippen LogP contribution in [0.25, 0.3) is 0 Å². The third kappa shape index (κ3) is 2.09. The maximum atomic E-state index is 13.3. The van der Waals surface area contributed by atoms with Gasteiger partial charge in [-0.2, -0.15) is 0 Å². The molecule has 1 aliphatic heterocycles. The van der Waals surface area contributed by atoms with Gasteiger partial charge in [0.25, 0.3) is 0 Å². The predicted molar refractivity (Wildman–Crippen MR) is 78.4 cm³/mol. The Balaban J connectivity index is 1.90. The first kappa shape index (κ1) is 12.9. The second-order valence-corrected chi connectivity index (χ2v) is 5.36. The molecule has 2 nitrogen and oxygen atoms in total. The molecule has 3 rings (SSSR count). The standard InChI is InChI=1S/C17H17FN2/c1-11-3-5-13(6-4-11)12(2)20-10-14-7-8-15(18)9-16(14)17(20)19/h3-9,12,19H,10H2,1-2H3. The number of nitrogens with one attached hydrogen (secondary N) is 1.